The van der Waals surface area contributed by atoms with Crippen molar-refractivity contribution in [3.8, 4) is 0 Å². The van der Waals surface area contributed by atoms with E-state index in [9.17, 15) is 9.59 Å². The Morgan fingerprint density at radius 2 is 1.79 bits per heavy atom. The number of imide groups is 1. The molecule has 1 aromatic carbocycles. The van der Waals surface area contributed by atoms with E-state index in [1.165, 1.54) is 0 Å². The highest BCUT2D eigenvalue weighted by atomic mass is 32.1. The van der Waals surface area contributed by atoms with Gasteiger partial charge in [-0.1, -0.05) is 30.3 Å². The lowest BCUT2D eigenvalue weighted by Gasteiger charge is -2.01. The lowest BCUT2D eigenvalue weighted by Crippen LogP contribution is -2.32. The number of benzene rings is 1. The van der Waals surface area contributed by atoms with E-state index < -0.39 is 0 Å². The van der Waals surface area contributed by atoms with Crippen LogP contribution in [0, 0.1) is 0 Å². The summed E-state index contributed by atoms with van der Waals surface area (Å²) in [5, 5.41) is 2.22. The molecule has 0 heterocycles. The number of hydrogen-bond acceptors (Lipinski definition) is 3. The molecule has 0 radical (unpaired) electrons. The van der Waals surface area contributed by atoms with Crippen molar-refractivity contribution >= 4 is 24.4 Å². The fourth-order valence-electron chi connectivity index (χ4n) is 1.02. The minimum atomic E-state index is -0.366. The maximum atomic E-state index is 11.2. The zero-order chi connectivity index (χ0) is 10.4. The number of thiol groups is 1. The maximum Gasteiger partial charge on any atom is 0.236 e. The molecule has 2 amide bonds. The van der Waals surface area contributed by atoms with E-state index in [4.69, 9.17) is 0 Å². The molecule has 1 rings (SSSR count). The molecule has 4 heteroatoms. The van der Waals surface area contributed by atoms with Crippen LogP contribution in [-0.4, -0.2) is 17.6 Å². The Labute approximate surface area is 87.9 Å². The molecule has 0 aliphatic carbocycles. The van der Waals surface area contributed by atoms with Gasteiger partial charge in [-0.2, -0.15) is 12.6 Å². The van der Waals surface area contributed by atoms with Crippen LogP contribution in [0.25, 0.3) is 0 Å². The first-order valence-electron chi connectivity index (χ1n) is 4.20. The van der Waals surface area contributed by atoms with Crippen molar-refractivity contribution in [2.24, 2.45) is 0 Å². The Balaban J connectivity index is 2.46. The van der Waals surface area contributed by atoms with Crippen molar-refractivity contribution in [2.75, 3.05) is 5.75 Å². The Morgan fingerprint density at radius 1 is 1.14 bits per heavy atom. The van der Waals surface area contributed by atoms with Gasteiger partial charge in [0, 0.05) is 0 Å². The van der Waals surface area contributed by atoms with E-state index in [-0.39, 0.29) is 24.0 Å². The summed E-state index contributed by atoms with van der Waals surface area (Å²) < 4.78 is 0. The van der Waals surface area contributed by atoms with Crippen molar-refractivity contribution in [1.29, 1.82) is 0 Å². The molecular formula is C10H11NO2S. The molecule has 0 atom stereocenters. The minimum Gasteiger partial charge on any atom is -0.295 e. The van der Waals surface area contributed by atoms with Gasteiger partial charge in [-0.25, -0.2) is 0 Å². The van der Waals surface area contributed by atoms with Gasteiger partial charge in [0.1, 0.15) is 0 Å². The molecule has 0 unspecified atom stereocenters. The van der Waals surface area contributed by atoms with E-state index in [1.54, 1.807) is 0 Å². The van der Waals surface area contributed by atoms with Crippen LogP contribution in [0.4, 0.5) is 0 Å². The van der Waals surface area contributed by atoms with Crippen LogP contribution in [-0.2, 0) is 16.0 Å². The molecule has 1 N–H and O–H groups in total. The normalized spacial score (nSPS) is 9.50. The topological polar surface area (TPSA) is 46.2 Å². The standard InChI is InChI=1S/C10H11NO2S/c12-9(11-10(13)7-14)6-8-4-2-1-3-5-8/h1-5,14H,6-7H2,(H,11,12,13). The van der Waals surface area contributed by atoms with Crippen molar-refractivity contribution in [3.05, 3.63) is 35.9 Å². The summed E-state index contributed by atoms with van der Waals surface area (Å²) in [6.45, 7) is 0. The number of carbonyl (C=O) groups excluding carboxylic acids is 2. The van der Waals surface area contributed by atoms with Crippen LogP contribution >= 0.6 is 12.6 Å². The van der Waals surface area contributed by atoms with E-state index in [0.29, 0.717) is 0 Å². The highest BCUT2D eigenvalue weighted by Gasteiger charge is 2.06. The Hall–Kier alpha value is -1.29. The number of carbonyl (C=O) groups is 2. The molecule has 0 saturated carbocycles. The fraction of sp³-hybridized carbons (Fsp3) is 0.200. The van der Waals surface area contributed by atoms with Gasteiger partial charge < -0.3 is 0 Å². The SMILES string of the molecule is O=C(CS)NC(=O)Cc1ccccc1. The third-order valence-electron chi connectivity index (χ3n) is 1.63. The summed E-state index contributed by atoms with van der Waals surface area (Å²) in [5.41, 5.74) is 0.886. The molecule has 0 saturated heterocycles. The molecule has 0 aromatic heterocycles. The molecule has 14 heavy (non-hydrogen) atoms. The quantitative estimate of drug-likeness (QED) is 0.723. The molecule has 0 fully saturated rings. The third-order valence-corrected chi connectivity index (χ3v) is 1.92. The van der Waals surface area contributed by atoms with Crippen molar-refractivity contribution in [3.63, 3.8) is 0 Å². The summed E-state index contributed by atoms with van der Waals surface area (Å²) in [6, 6.07) is 9.25. The van der Waals surface area contributed by atoms with Gasteiger partial charge in [-0.15, -0.1) is 0 Å². The van der Waals surface area contributed by atoms with Crippen molar-refractivity contribution < 1.29 is 9.59 Å². The van der Waals surface area contributed by atoms with Crippen molar-refractivity contribution in [2.45, 2.75) is 6.42 Å². The molecule has 1 aromatic rings. The smallest absolute Gasteiger partial charge is 0.236 e. The van der Waals surface area contributed by atoms with Crippen LogP contribution in [0.1, 0.15) is 5.56 Å². The average molecular weight is 209 g/mol. The first-order valence-corrected chi connectivity index (χ1v) is 4.83. The third kappa shape index (κ3) is 3.62. The molecule has 74 valence electrons. The average Bonchev–Trinajstić information content (AvgIpc) is 2.19. The van der Waals surface area contributed by atoms with Crippen LogP contribution in [0.2, 0.25) is 0 Å². The van der Waals surface area contributed by atoms with Gasteiger partial charge in [0.2, 0.25) is 11.8 Å². The summed E-state index contributed by atoms with van der Waals surface area (Å²) in [7, 11) is 0. The summed E-state index contributed by atoms with van der Waals surface area (Å²) in [5.74, 6) is -0.634. The molecule has 0 spiro atoms. The van der Waals surface area contributed by atoms with E-state index in [1.807, 2.05) is 30.3 Å². The Morgan fingerprint density at radius 3 is 2.36 bits per heavy atom. The van der Waals surface area contributed by atoms with Crippen LogP contribution in [0.3, 0.4) is 0 Å². The summed E-state index contributed by atoms with van der Waals surface area (Å²) >= 11 is 3.75. The minimum absolute atomic E-state index is 0.0283. The fourth-order valence-corrected chi connectivity index (χ4v) is 1.10. The molecular weight excluding hydrogens is 198 g/mol. The van der Waals surface area contributed by atoms with Crippen LogP contribution in [0.15, 0.2) is 30.3 Å². The predicted molar refractivity (Wildman–Crippen MR) is 57.1 cm³/mol. The zero-order valence-corrected chi connectivity index (χ0v) is 8.46. The largest absolute Gasteiger partial charge is 0.295 e. The first kappa shape index (κ1) is 10.8. The van der Waals surface area contributed by atoms with Gasteiger partial charge in [-0.05, 0) is 5.56 Å². The molecule has 0 bridgehead atoms. The molecule has 0 aliphatic rings. The summed E-state index contributed by atoms with van der Waals surface area (Å²) in [4.78, 5) is 22.0. The van der Waals surface area contributed by atoms with Gasteiger partial charge in [0.25, 0.3) is 0 Å². The van der Waals surface area contributed by atoms with Gasteiger partial charge in [-0.3, -0.25) is 14.9 Å². The second kappa shape index (κ2) is 5.44. The zero-order valence-electron chi connectivity index (χ0n) is 7.56. The van der Waals surface area contributed by atoms with E-state index in [2.05, 4.69) is 17.9 Å². The highest BCUT2D eigenvalue weighted by molar-refractivity contribution is 7.81. The van der Waals surface area contributed by atoms with Crippen molar-refractivity contribution in [1.82, 2.24) is 5.32 Å². The lowest BCUT2D eigenvalue weighted by atomic mass is 10.1. The van der Waals surface area contributed by atoms with E-state index >= 15 is 0 Å². The predicted octanol–water partition coefficient (Wildman–Crippen LogP) is 0.802. The number of nitrogens with one attached hydrogen (secondary N) is 1. The monoisotopic (exact) mass is 209 g/mol. The highest BCUT2D eigenvalue weighted by Crippen LogP contribution is 1.98. The maximum absolute atomic E-state index is 11.2. The second-order valence-corrected chi connectivity index (χ2v) is 3.11. The van der Waals surface area contributed by atoms with Gasteiger partial charge in [0.15, 0.2) is 0 Å². The first-order chi connectivity index (χ1) is 6.72. The number of rotatable bonds is 3. The number of hydrogen-bond donors (Lipinski definition) is 2. The van der Waals surface area contributed by atoms with Crippen LogP contribution < -0.4 is 5.32 Å². The van der Waals surface area contributed by atoms with Gasteiger partial charge in [0.05, 0.1) is 12.2 Å². The molecule has 3 nitrogen and oxygen atoms in total. The molecule has 0 aliphatic heterocycles. The summed E-state index contributed by atoms with van der Waals surface area (Å²) in [6.07, 6.45) is 0.223. The lowest BCUT2D eigenvalue weighted by molar-refractivity contribution is -0.128. The van der Waals surface area contributed by atoms with Crippen LogP contribution in [0.5, 0.6) is 0 Å². The second-order valence-electron chi connectivity index (χ2n) is 2.79. The Bertz CT molecular complexity index is 324. The van der Waals surface area contributed by atoms with Gasteiger partial charge >= 0.3 is 0 Å². The number of amides is 2. The van der Waals surface area contributed by atoms with E-state index in [0.717, 1.165) is 5.56 Å². The Kier molecular flexibility index (Phi) is 4.19.